The van der Waals surface area contributed by atoms with E-state index in [0.29, 0.717) is 12.1 Å². The topological polar surface area (TPSA) is 24.1 Å². The Labute approximate surface area is 85.6 Å². The van der Waals surface area contributed by atoms with E-state index < -0.39 is 0 Å². The number of allylic oxidation sites excluding steroid dienone is 1. The van der Waals surface area contributed by atoms with Gasteiger partial charge in [-0.25, -0.2) is 0 Å². The average molecular weight is 200 g/mol. The molecule has 0 bridgehead atoms. The highest BCUT2D eigenvalue weighted by atomic mass is 28.1. The summed E-state index contributed by atoms with van der Waals surface area (Å²) in [5.74, 6) is 1.20. The maximum Gasteiger partial charge on any atom is 0.0949 e. The third-order valence-corrected chi connectivity index (χ3v) is 2.10. The van der Waals surface area contributed by atoms with Crippen molar-refractivity contribution >= 4 is 10.2 Å². The van der Waals surface area contributed by atoms with Gasteiger partial charge in [-0.05, 0) is 40.2 Å². The second-order valence-corrected chi connectivity index (χ2v) is 5.00. The second-order valence-electron chi connectivity index (χ2n) is 4.00. The van der Waals surface area contributed by atoms with Crippen molar-refractivity contribution in [2.75, 3.05) is 0 Å². The fourth-order valence-electron chi connectivity index (χ4n) is 1.07. The van der Waals surface area contributed by atoms with Crippen molar-refractivity contribution in [1.29, 1.82) is 0 Å². The molecular weight excluding hydrogens is 176 g/mol. The molecule has 0 aliphatic rings. The van der Waals surface area contributed by atoms with Gasteiger partial charge in [-0.2, -0.15) is 0 Å². The number of nitrogens with one attached hydrogen (secondary N) is 2. The average Bonchev–Trinajstić information content (AvgIpc) is 1.98. The molecule has 0 saturated heterocycles. The lowest BCUT2D eigenvalue weighted by Crippen LogP contribution is -2.34. The van der Waals surface area contributed by atoms with E-state index >= 15 is 0 Å². The third-order valence-electron chi connectivity index (χ3n) is 1.53. The first-order valence-electron chi connectivity index (χ1n) is 5.29. The fourth-order valence-corrected chi connectivity index (χ4v) is 1.36. The van der Waals surface area contributed by atoms with E-state index in [4.69, 9.17) is 0 Å². The number of hydrogen-bond acceptors (Lipinski definition) is 2. The van der Waals surface area contributed by atoms with Gasteiger partial charge in [0, 0.05) is 22.3 Å². The number of hydrogen-bond donors (Lipinski definition) is 2. The zero-order valence-corrected chi connectivity index (χ0v) is 11.6. The van der Waals surface area contributed by atoms with Crippen LogP contribution in [0, 0.1) is 0 Å². The van der Waals surface area contributed by atoms with Crippen LogP contribution in [0.15, 0.2) is 11.9 Å². The zero-order valence-electron chi connectivity index (χ0n) is 9.65. The van der Waals surface area contributed by atoms with Crippen LogP contribution in [0.3, 0.4) is 0 Å². The molecule has 2 nitrogen and oxygen atoms in total. The van der Waals surface area contributed by atoms with Crippen LogP contribution in [0.25, 0.3) is 0 Å². The molecule has 0 fully saturated rings. The van der Waals surface area contributed by atoms with Crippen LogP contribution >= 0.6 is 0 Å². The Hall–Kier alpha value is -0.443. The third kappa shape index (κ3) is 7.90. The van der Waals surface area contributed by atoms with E-state index in [1.165, 1.54) is 28.5 Å². The molecule has 0 atom stereocenters. The summed E-state index contributed by atoms with van der Waals surface area (Å²) in [6.45, 7) is 8.65. The first-order valence-corrected chi connectivity index (χ1v) is 6.70. The van der Waals surface area contributed by atoms with Gasteiger partial charge in [0.2, 0.25) is 0 Å². The molecule has 0 aromatic rings. The molecule has 0 unspecified atom stereocenters. The van der Waals surface area contributed by atoms with Gasteiger partial charge >= 0.3 is 0 Å². The first-order chi connectivity index (χ1) is 6.06. The van der Waals surface area contributed by atoms with Gasteiger partial charge < -0.3 is 10.6 Å². The van der Waals surface area contributed by atoms with Crippen LogP contribution < -0.4 is 10.6 Å². The van der Waals surface area contributed by atoms with Gasteiger partial charge in [0.15, 0.2) is 0 Å². The minimum Gasteiger partial charge on any atom is -0.370 e. The predicted octanol–water partition coefficient (Wildman–Crippen LogP) is 0.998. The van der Waals surface area contributed by atoms with Crippen molar-refractivity contribution in [3.05, 3.63) is 11.9 Å². The van der Waals surface area contributed by atoms with Gasteiger partial charge in [0.25, 0.3) is 0 Å². The Kier molecular flexibility index (Phi) is 6.77. The second kappa shape index (κ2) is 7.01. The van der Waals surface area contributed by atoms with Gasteiger partial charge in [-0.3, -0.25) is 0 Å². The Morgan fingerprint density at radius 3 is 1.92 bits per heavy atom. The summed E-state index contributed by atoms with van der Waals surface area (Å²) in [5, 5.41) is 6.82. The summed E-state index contributed by atoms with van der Waals surface area (Å²) >= 11 is 0. The summed E-state index contributed by atoms with van der Waals surface area (Å²) in [6.07, 6.45) is 3.47. The van der Waals surface area contributed by atoms with Crippen molar-refractivity contribution in [3.8, 4) is 0 Å². The summed E-state index contributed by atoms with van der Waals surface area (Å²) in [5.41, 5.74) is 0. The Balaban J connectivity index is 4.02. The van der Waals surface area contributed by atoms with Crippen molar-refractivity contribution < 1.29 is 0 Å². The summed E-state index contributed by atoms with van der Waals surface area (Å²) in [6, 6.07) is 2.35. The van der Waals surface area contributed by atoms with Gasteiger partial charge in [0.05, 0.1) is 5.82 Å². The van der Waals surface area contributed by atoms with Crippen molar-refractivity contribution in [2.45, 2.75) is 52.2 Å². The molecule has 0 radical (unpaired) electrons. The Morgan fingerprint density at radius 1 is 1.15 bits per heavy atom. The van der Waals surface area contributed by atoms with E-state index in [9.17, 15) is 0 Å². The predicted molar refractivity (Wildman–Crippen MR) is 64.0 cm³/mol. The molecule has 0 amide bonds. The van der Waals surface area contributed by atoms with Crippen LogP contribution in [0.2, 0.25) is 6.04 Å². The molecule has 0 aliphatic carbocycles. The molecule has 13 heavy (non-hydrogen) atoms. The molecule has 0 aliphatic heterocycles. The van der Waals surface area contributed by atoms with Gasteiger partial charge in [0.1, 0.15) is 0 Å². The highest BCUT2D eigenvalue weighted by molar-refractivity contribution is 6.08. The highest BCUT2D eigenvalue weighted by Gasteiger charge is 1.99. The van der Waals surface area contributed by atoms with E-state index in [1.807, 2.05) is 0 Å². The molecule has 78 valence electrons. The zero-order chi connectivity index (χ0) is 10.3. The van der Waals surface area contributed by atoms with Crippen LogP contribution in [0.1, 0.15) is 34.1 Å². The SMILES string of the molecule is CC(C)NC(=CCC[SiH3])NC(C)C. The standard InChI is InChI=1S/C10H24N2Si/c1-8(2)11-10(6-5-7-13)12-9(3)4/h6,8-9,11-12H,5,7H2,1-4,13H3. The molecule has 0 aromatic heterocycles. The van der Waals surface area contributed by atoms with Crippen molar-refractivity contribution in [3.63, 3.8) is 0 Å². The lowest BCUT2D eigenvalue weighted by molar-refractivity contribution is 0.563. The molecule has 0 rings (SSSR count). The van der Waals surface area contributed by atoms with Crippen molar-refractivity contribution in [2.24, 2.45) is 0 Å². The molecule has 0 heterocycles. The van der Waals surface area contributed by atoms with Gasteiger partial charge in [-0.15, -0.1) is 0 Å². The maximum atomic E-state index is 3.41. The molecule has 3 heteroatoms. The fraction of sp³-hybridized carbons (Fsp3) is 0.800. The number of rotatable bonds is 6. The minimum absolute atomic E-state index is 0.506. The molecule has 0 aromatic carbocycles. The Bertz CT molecular complexity index is 141. The molecule has 2 N–H and O–H groups in total. The van der Waals surface area contributed by atoms with E-state index in [1.54, 1.807) is 0 Å². The molecule has 0 saturated carbocycles. The summed E-state index contributed by atoms with van der Waals surface area (Å²) in [7, 11) is 1.29. The normalized spacial score (nSPS) is 10.6. The maximum absolute atomic E-state index is 3.41. The lowest BCUT2D eigenvalue weighted by Gasteiger charge is -2.18. The largest absolute Gasteiger partial charge is 0.370 e. The Morgan fingerprint density at radius 2 is 1.62 bits per heavy atom. The first kappa shape index (κ1) is 12.6. The van der Waals surface area contributed by atoms with Gasteiger partial charge in [-0.1, -0.05) is 6.04 Å². The van der Waals surface area contributed by atoms with E-state index in [2.05, 4.69) is 44.4 Å². The quantitative estimate of drug-likeness (QED) is 0.625. The summed E-state index contributed by atoms with van der Waals surface area (Å²) < 4.78 is 0. The minimum atomic E-state index is 0.506. The summed E-state index contributed by atoms with van der Waals surface area (Å²) in [4.78, 5) is 0. The monoisotopic (exact) mass is 200 g/mol. The van der Waals surface area contributed by atoms with E-state index in [-0.39, 0.29) is 0 Å². The van der Waals surface area contributed by atoms with Crippen LogP contribution in [-0.2, 0) is 0 Å². The lowest BCUT2D eigenvalue weighted by atomic mass is 10.3. The molecular formula is C10H24N2Si. The van der Waals surface area contributed by atoms with Crippen LogP contribution in [0.5, 0.6) is 0 Å². The van der Waals surface area contributed by atoms with Crippen molar-refractivity contribution in [1.82, 2.24) is 10.6 Å². The molecule has 0 spiro atoms. The van der Waals surface area contributed by atoms with E-state index in [0.717, 1.165) is 0 Å². The van der Waals surface area contributed by atoms with Crippen LogP contribution in [-0.4, -0.2) is 22.3 Å². The smallest absolute Gasteiger partial charge is 0.0949 e. The van der Waals surface area contributed by atoms with Crippen LogP contribution in [0.4, 0.5) is 0 Å². The highest BCUT2D eigenvalue weighted by Crippen LogP contribution is 1.95.